The Kier molecular flexibility index (Phi) is 9.82. The molecule has 8 heteroatoms. The zero-order chi connectivity index (χ0) is 14.7. The van der Waals surface area contributed by atoms with Gasteiger partial charge in [0.25, 0.3) is 0 Å². The van der Waals surface area contributed by atoms with Gasteiger partial charge in [-0.3, -0.25) is 9.59 Å². The van der Waals surface area contributed by atoms with Crippen LogP contribution in [0, 0.1) is 0 Å². The van der Waals surface area contributed by atoms with E-state index in [-0.39, 0.29) is 24.8 Å². The number of carboxylic acids is 4. The van der Waals surface area contributed by atoms with E-state index in [0.29, 0.717) is 6.08 Å². The number of carboxylic acid groups (broad SMARTS) is 4. The van der Waals surface area contributed by atoms with Gasteiger partial charge in [-0.15, -0.1) is 0 Å². The highest BCUT2D eigenvalue weighted by Crippen LogP contribution is 1.93. The fraction of sp³-hybridized carbons (Fsp3) is 0.400. The molecule has 0 spiro atoms. The molecule has 18 heavy (non-hydrogen) atoms. The molecule has 0 aromatic heterocycles. The summed E-state index contributed by atoms with van der Waals surface area (Å²) in [4.78, 5) is 39.3. The summed E-state index contributed by atoms with van der Waals surface area (Å²) >= 11 is 0. The summed E-state index contributed by atoms with van der Waals surface area (Å²) in [5.74, 6) is -4.35. The van der Waals surface area contributed by atoms with Crippen molar-refractivity contribution >= 4 is 23.9 Å². The summed E-state index contributed by atoms with van der Waals surface area (Å²) in [6.07, 6.45) is 0.728. The maximum Gasteiger partial charge on any atom is 0.331 e. The third-order valence-corrected chi connectivity index (χ3v) is 1.46. The molecule has 0 aliphatic rings. The Morgan fingerprint density at radius 3 is 1.44 bits per heavy atom. The average Bonchev–Trinajstić information content (AvgIpc) is 2.15. The van der Waals surface area contributed by atoms with Crippen molar-refractivity contribution in [1.82, 2.24) is 0 Å². The first-order chi connectivity index (χ1) is 8.16. The van der Waals surface area contributed by atoms with Crippen LogP contribution in [0.15, 0.2) is 11.6 Å². The fourth-order valence-electron chi connectivity index (χ4n) is 0.638. The molecule has 0 aromatic rings. The lowest BCUT2D eigenvalue weighted by Gasteiger charge is -1.89. The molecule has 102 valence electrons. The molecule has 8 nitrogen and oxygen atoms in total. The molecule has 0 rings (SSSR count). The lowest BCUT2D eigenvalue weighted by atomic mass is 10.2. The van der Waals surface area contributed by atoms with Gasteiger partial charge in [0, 0.05) is 24.5 Å². The summed E-state index contributed by atoms with van der Waals surface area (Å²) in [5, 5.41) is 32.2. The second kappa shape index (κ2) is 9.82. The van der Waals surface area contributed by atoms with Gasteiger partial charge < -0.3 is 20.4 Å². The molecule has 0 heterocycles. The van der Waals surface area contributed by atoms with E-state index in [9.17, 15) is 19.2 Å². The number of rotatable bonds is 6. The van der Waals surface area contributed by atoms with E-state index in [2.05, 4.69) is 0 Å². The Labute approximate surface area is 102 Å². The first-order valence-electron chi connectivity index (χ1n) is 4.75. The fourth-order valence-corrected chi connectivity index (χ4v) is 0.638. The molecule has 0 unspecified atom stereocenters. The van der Waals surface area contributed by atoms with Crippen LogP contribution < -0.4 is 0 Å². The smallest absolute Gasteiger partial charge is 0.331 e. The monoisotopic (exact) mass is 262 g/mol. The lowest BCUT2D eigenvalue weighted by molar-refractivity contribution is -0.139. The lowest BCUT2D eigenvalue weighted by Crippen LogP contribution is -1.99. The van der Waals surface area contributed by atoms with Crippen molar-refractivity contribution in [2.45, 2.75) is 26.2 Å². The summed E-state index contributed by atoms with van der Waals surface area (Å²) in [6.45, 7) is 1.22. The Bertz CT molecular complexity index is 341. The van der Waals surface area contributed by atoms with Crippen LogP contribution in [-0.2, 0) is 19.2 Å². The third-order valence-electron chi connectivity index (χ3n) is 1.46. The highest BCUT2D eigenvalue weighted by Gasteiger charge is 2.00. The van der Waals surface area contributed by atoms with E-state index in [4.69, 9.17) is 20.4 Å². The van der Waals surface area contributed by atoms with E-state index < -0.39 is 23.9 Å². The van der Waals surface area contributed by atoms with E-state index in [1.165, 1.54) is 6.92 Å². The van der Waals surface area contributed by atoms with Gasteiger partial charge in [-0.05, 0) is 13.3 Å². The molecule has 0 aliphatic heterocycles. The standard InChI is InChI=1S/C5H6O4.C5H8O4/c1-3(5(8)9)2-4(6)7;6-4(7)2-1-3-5(8)9/h2H,1H3,(H,6,7)(H,8,9);1-3H2,(H,6,7)(H,8,9)/b3-2-;. The van der Waals surface area contributed by atoms with E-state index >= 15 is 0 Å². The van der Waals surface area contributed by atoms with E-state index in [0.717, 1.165) is 0 Å². The highest BCUT2D eigenvalue weighted by atomic mass is 16.4. The Hall–Kier alpha value is -2.38. The number of aliphatic carboxylic acids is 4. The van der Waals surface area contributed by atoms with Gasteiger partial charge >= 0.3 is 23.9 Å². The maximum absolute atomic E-state index is 9.90. The molecular weight excluding hydrogens is 248 g/mol. The van der Waals surface area contributed by atoms with Gasteiger partial charge in [-0.2, -0.15) is 0 Å². The molecular formula is C10H14O8. The Morgan fingerprint density at radius 1 is 0.889 bits per heavy atom. The van der Waals surface area contributed by atoms with Gasteiger partial charge in [-0.25, -0.2) is 9.59 Å². The maximum atomic E-state index is 9.90. The summed E-state index contributed by atoms with van der Waals surface area (Å²) < 4.78 is 0. The molecule has 0 bridgehead atoms. The Balaban J connectivity index is 0. The van der Waals surface area contributed by atoms with Crippen LogP contribution in [0.25, 0.3) is 0 Å². The summed E-state index contributed by atoms with van der Waals surface area (Å²) in [7, 11) is 0. The predicted octanol–water partition coefficient (Wildman–Crippen LogP) is 0.428. The second-order valence-electron chi connectivity index (χ2n) is 3.11. The van der Waals surface area contributed by atoms with Crippen LogP contribution in [0.1, 0.15) is 26.2 Å². The molecule has 0 aliphatic carbocycles. The largest absolute Gasteiger partial charge is 0.481 e. The molecule has 4 N–H and O–H groups in total. The first kappa shape index (κ1) is 18.0. The minimum Gasteiger partial charge on any atom is -0.481 e. The van der Waals surface area contributed by atoms with Crippen LogP contribution in [0.3, 0.4) is 0 Å². The van der Waals surface area contributed by atoms with E-state index in [1.807, 2.05) is 0 Å². The molecule has 0 aromatic carbocycles. The zero-order valence-corrected chi connectivity index (χ0v) is 9.62. The Morgan fingerprint density at radius 2 is 1.28 bits per heavy atom. The van der Waals surface area contributed by atoms with Crippen molar-refractivity contribution < 1.29 is 39.6 Å². The van der Waals surface area contributed by atoms with Crippen LogP contribution >= 0.6 is 0 Å². The van der Waals surface area contributed by atoms with Crippen molar-refractivity contribution in [3.63, 3.8) is 0 Å². The zero-order valence-electron chi connectivity index (χ0n) is 9.62. The van der Waals surface area contributed by atoms with E-state index in [1.54, 1.807) is 0 Å². The van der Waals surface area contributed by atoms with Gasteiger partial charge in [0.05, 0.1) is 0 Å². The van der Waals surface area contributed by atoms with Crippen LogP contribution in [-0.4, -0.2) is 44.3 Å². The van der Waals surface area contributed by atoms with Crippen molar-refractivity contribution in [2.24, 2.45) is 0 Å². The molecule has 0 atom stereocenters. The van der Waals surface area contributed by atoms with Crippen molar-refractivity contribution in [1.29, 1.82) is 0 Å². The molecule has 0 amide bonds. The van der Waals surface area contributed by atoms with Gasteiger partial charge in [0.2, 0.25) is 0 Å². The topological polar surface area (TPSA) is 149 Å². The highest BCUT2D eigenvalue weighted by molar-refractivity contribution is 5.93. The number of hydrogen-bond donors (Lipinski definition) is 4. The normalized spacial score (nSPS) is 9.94. The molecule has 0 saturated heterocycles. The summed E-state index contributed by atoms with van der Waals surface area (Å²) in [6, 6.07) is 0. The van der Waals surface area contributed by atoms with Crippen molar-refractivity contribution in [3.05, 3.63) is 11.6 Å². The van der Waals surface area contributed by atoms with Crippen LogP contribution in [0.2, 0.25) is 0 Å². The minimum atomic E-state index is -1.24. The molecule has 0 radical (unpaired) electrons. The van der Waals surface area contributed by atoms with Crippen molar-refractivity contribution in [2.75, 3.05) is 0 Å². The van der Waals surface area contributed by atoms with Gasteiger partial charge in [0.1, 0.15) is 0 Å². The van der Waals surface area contributed by atoms with Crippen molar-refractivity contribution in [3.8, 4) is 0 Å². The van der Waals surface area contributed by atoms with Crippen LogP contribution in [0.4, 0.5) is 0 Å². The van der Waals surface area contributed by atoms with Gasteiger partial charge in [0.15, 0.2) is 0 Å². The van der Waals surface area contributed by atoms with Crippen LogP contribution in [0.5, 0.6) is 0 Å². The first-order valence-corrected chi connectivity index (χ1v) is 4.75. The molecule has 0 saturated carbocycles. The quantitative estimate of drug-likeness (QED) is 0.503. The number of hydrogen-bond acceptors (Lipinski definition) is 4. The third kappa shape index (κ3) is 16.1. The number of carbonyl (C=O) groups is 4. The predicted molar refractivity (Wildman–Crippen MR) is 58.2 cm³/mol. The minimum absolute atomic E-state index is 0.0632. The average molecular weight is 262 g/mol. The van der Waals surface area contributed by atoms with Gasteiger partial charge in [-0.1, -0.05) is 0 Å². The summed E-state index contributed by atoms with van der Waals surface area (Å²) in [5.41, 5.74) is -0.178. The molecule has 0 fully saturated rings. The SMILES string of the molecule is C/C(=C/C(=O)O)C(=O)O.O=C(O)CCCC(=O)O. The second-order valence-corrected chi connectivity index (χ2v) is 3.11.